The second-order valence-corrected chi connectivity index (χ2v) is 15.0. The lowest BCUT2D eigenvalue weighted by atomic mass is 9.66. The van der Waals surface area contributed by atoms with Gasteiger partial charge in [0, 0.05) is 11.1 Å². The Bertz CT molecular complexity index is 1470. The maximum absolute atomic E-state index is 14.0. The van der Waals surface area contributed by atoms with Gasteiger partial charge in [0.25, 0.3) is 0 Å². The largest absolute Gasteiger partial charge is 0.481 e. The fraction of sp³-hybridized carbons (Fsp3) is 0.636. The van der Waals surface area contributed by atoms with Crippen molar-refractivity contribution in [3.63, 3.8) is 0 Å². The highest BCUT2D eigenvalue weighted by atomic mass is 32.2. The zero-order valence-electron chi connectivity index (χ0n) is 28.9. The Hall–Kier alpha value is -4.03. The van der Waals surface area contributed by atoms with Crippen LogP contribution in [-0.4, -0.2) is 63.0 Å². The molecule has 0 radical (unpaired) electrons. The van der Waals surface area contributed by atoms with Crippen LogP contribution in [-0.2, 0) is 43.5 Å². The number of aliphatic carboxylic acids is 1. The monoisotopic (exact) mass is 694 g/mol. The smallest absolute Gasteiger partial charge is 0.311 e. The zero-order chi connectivity index (χ0) is 37.0. The average Bonchev–Trinajstić information content (AvgIpc) is 3.00. The number of carboxylic acid groups (broad SMARTS) is 1. The Morgan fingerprint density at radius 2 is 1.42 bits per heavy atom. The third-order valence-electron chi connectivity index (χ3n) is 8.79. The van der Waals surface area contributed by atoms with Gasteiger partial charge < -0.3 is 25.2 Å². The molecule has 0 aromatic heterocycles. The Labute approximate surface area is 283 Å². The van der Waals surface area contributed by atoms with Crippen molar-refractivity contribution >= 4 is 45.4 Å². The number of sulfonamides is 1. The molecular weight excluding hydrogens is 644 g/mol. The van der Waals surface area contributed by atoms with Gasteiger partial charge in [-0.15, -0.1) is 0 Å². The molecule has 3 atom stereocenters. The highest BCUT2D eigenvalue weighted by Crippen LogP contribution is 2.45. The molecule has 48 heavy (non-hydrogen) atoms. The summed E-state index contributed by atoms with van der Waals surface area (Å²) >= 11 is 0. The first-order chi connectivity index (χ1) is 22.1. The molecule has 1 aromatic carbocycles. The van der Waals surface area contributed by atoms with Crippen molar-refractivity contribution < 1.29 is 47.0 Å². The summed E-state index contributed by atoms with van der Waals surface area (Å²) in [4.78, 5) is 63.9. The predicted molar refractivity (Wildman–Crippen MR) is 176 cm³/mol. The Morgan fingerprint density at radius 1 is 0.875 bits per heavy atom. The number of amides is 2. The minimum absolute atomic E-state index is 0.0144. The van der Waals surface area contributed by atoms with Gasteiger partial charge in [-0.25, -0.2) is 13.6 Å². The van der Waals surface area contributed by atoms with E-state index in [2.05, 4.69) is 10.6 Å². The van der Waals surface area contributed by atoms with Gasteiger partial charge in [0.2, 0.25) is 21.8 Å². The van der Waals surface area contributed by atoms with Crippen LogP contribution in [0.4, 0.5) is 5.69 Å². The van der Waals surface area contributed by atoms with Crippen molar-refractivity contribution in [2.24, 2.45) is 26.8 Å². The first kappa shape index (κ1) is 42.0. The number of hydrogen-bond donors (Lipinski definition) is 4. The van der Waals surface area contributed by atoms with Crippen LogP contribution in [0.15, 0.2) is 29.2 Å². The van der Waals surface area contributed by atoms with E-state index in [0.29, 0.717) is 6.42 Å². The van der Waals surface area contributed by atoms with E-state index in [1.54, 1.807) is 54.5 Å². The van der Waals surface area contributed by atoms with Gasteiger partial charge in [-0.1, -0.05) is 13.8 Å². The Morgan fingerprint density at radius 3 is 1.90 bits per heavy atom. The minimum atomic E-state index is -3.97. The number of ether oxygens (including phenoxy) is 2. The molecule has 0 aliphatic carbocycles. The van der Waals surface area contributed by atoms with E-state index in [-0.39, 0.29) is 68.9 Å². The number of primary sulfonamides is 1. The lowest BCUT2D eigenvalue weighted by Gasteiger charge is -2.38. The first-order valence-electron chi connectivity index (χ1n) is 15.7. The summed E-state index contributed by atoms with van der Waals surface area (Å²) in [5.41, 5.74) is -4.56. The second kappa shape index (κ2) is 17.4. The van der Waals surface area contributed by atoms with Gasteiger partial charge in [-0.05, 0) is 97.4 Å². The van der Waals surface area contributed by atoms with Gasteiger partial charge in [0.1, 0.15) is 13.0 Å². The number of rotatable bonds is 20. The van der Waals surface area contributed by atoms with E-state index < -0.39 is 61.4 Å². The van der Waals surface area contributed by atoms with Gasteiger partial charge in [0.15, 0.2) is 0 Å². The van der Waals surface area contributed by atoms with Crippen LogP contribution >= 0.6 is 0 Å². The van der Waals surface area contributed by atoms with Crippen molar-refractivity contribution in [2.75, 3.05) is 25.1 Å². The van der Waals surface area contributed by atoms with Crippen LogP contribution in [0.2, 0.25) is 0 Å². The van der Waals surface area contributed by atoms with Crippen LogP contribution < -0.4 is 15.8 Å². The minimum Gasteiger partial charge on any atom is -0.481 e. The van der Waals surface area contributed by atoms with Crippen LogP contribution in [0.3, 0.4) is 0 Å². The number of benzene rings is 1. The topological polar surface area (TPSA) is 232 Å². The molecule has 268 valence electrons. The summed E-state index contributed by atoms with van der Waals surface area (Å²) in [6.45, 7) is 11.5. The maximum Gasteiger partial charge on any atom is 0.311 e. The lowest BCUT2D eigenvalue weighted by molar-refractivity contribution is -0.160. The number of carbonyl (C=O) groups excluding carboxylic acids is 4. The highest BCUT2D eigenvalue weighted by Gasteiger charge is 2.46. The number of esters is 2. The van der Waals surface area contributed by atoms with E-state index in [9.17, 15) is 37.5 Å². The van der Waals surface area contributed by atoms with Gasteiger partial charge >= 0.3 is 17.9 Å². The average molecular weight is 695 g/mol. The third kappa shape index (κ3) is 12.2. The summed E-state index contributed by atoms with van der Waals surface area (Å²) in [7, 11) is -3.97. The van der Waals surface area contributed by atoms with Gasteiger partial charge in [0.05, 0.1) is 40.4 Å². The molecule has 2 amide bonds. The van der Waals surface area contributed by atoms with Gasteiger partial charge in [-0.2, -0.15) is 5.26 Å². The fourth-order valence-electron chi connectivity index (χ4n) is 5.18. The standard InChI is InChI=1S/C33H50N4O10S/c1-8-31(5,27(40)41)15-16-32(6,29(43)46-9-2)17-18-33(7,26(39)37-23-10-12-24(13-11-23)48(35,44)45)22-30(3,4)28(42)47-21-20-36-25(38)14-19-34/h10-13H,8-9,14-18,20-22H2,1-7H3,(H,36,38)(H,37,39)(H,40,41)(H2,35,44,45). The molecule has 0 bridgehead atoms. The van der Waals surface area contributed by atoms with Crippen molar-refractivity contribution in [3.05, 3.63) is 24.3 Å². The molecule has 0 heterocycles. The second-order valence-electron chi connectivity index (χ2n) is 13.5. The predicted octanol–water partition coefficient (Wildman–Crippen LogP) is 3.90. The summed E-state index contributed by atoms with van der Waals surface area (Å²) in [5, 5.41) is 28.9. The number of anilines is 1. The molecular formula is C33H50N4O10S. The molecule has 0 aliphatic heterocycles. The molecule has 3 unspecified atom stereocenters. The quantitative estimate of drug-likeness (QED) is 0.113. The van der Waals surface area contributed by atoms with E-state index >= 15 is 0 Å². The molecule has 15 heteroatoms. The van der Waals surface area contributed by atoms with Crippen LogP contribution in [0.25, 0.3) is 0 Å². The summed E-state index contributed by atoms with van der Waals surface area (Å²) in [6.07, 6.45) is 0.464. The zero-order valence-corrected chi connectivity index (χ0v) is 29.8. The molecule has 1 rings (SSSR count). The molecule has 0 saturated heterocycles. The number of hydrogen-bond acceptors (Lipinski definition) is 10. The van der Waals surface area contributed by atoms with E-state index in [4.69, 9.17) is 19.9 Å². The molecule has 14 nitrogen and oxygen atoms in total. The number of nitrogens with zero attached hydrogens (tertiary/aromatic N) is 1. The lowest BCUT2D eigenvalue weighted by Crippen LogP contribution is -2.43. The Balaban J connectivity index is 3.40. The van der Waals surface area contributed by atoms with Crippen LogP contribution in [0, 0.1) is 33.0 Å². The molecule has 0 fully saturated rings. The van der Waals surface area contributed by atoms with Gasteiger partial charge in [-0.3, -0.25) is 24.0 Å². The fourth-order valence-corrected chi connectivity index (χ4v) is 5.69. The van der Waals surface area contributed by atoms with E-state index in [0.717, 1.165) is 0 Å². The molecule has 0 aliphatic rings. The SMILES string of the molecule is CCOC(=O)C(C)(CCC(C)(CC)C(=O)O)CCC(C)(CC(C)(C)C(=O)OCCNC(=O)CC#N)C(=O)Nc1ccc(S(N)(=O)=O)cc1. The Kier molecular flexibility index (Phi) is 15.2. The van der Waals surface area contributed by atoms with E-state index in [1.165, 1.54) is 24.3 Å². The van der Waals surface area contributed by atoms with Crippen molar-refractivity contribution in [2.45, 2.75) is 98.3 Å². The number of carbonyl (C=O) groups is 5. The summed E-state index contributed by atoms with van der Waals surface area (Å²) in [6, 6.07) is 6.95. The van der Waals surface area contributed by atoms with Crippen molar-refractivity contribution in [1.29, 1.82) is 5.26 Å². The normalized spacial score (nSPS) is 15.4. The van der Waals surface area contributed by atoms with Crippen molar-refractivity contribution in [3.8, 4) is 6.07 Å². The molecule has 1 aromatic rings. The molecule has 5 N–H and O–H groups in total. The molecule has 0 spiro atoms. The number of nitrogens with one attached hydrogen (secondary N) is 2. The van der Waals surface area contributed by atoms with Crippen molar-refractivity contribution in [1.82, 2.24) is 5.32 Å². The third-order valence-corrected chi connectivity index (χ3v) is 9.72. The van der Waals surface area contributed by atoms with E-state index in [1.807, 2.05) is 0 Å². The molecule has 0 saturated carbocycles. The summed E-state index contributed by atoms with van der Waals surface area (Å²) in [5.74, 6) is -3.21. The van der Waals surface area contributed by atoms with Crippen LogP contribution in [0.5, 0.6) is 0 Å². The maximum atomic E-state index is 14.0. The van der Waals surface area contributed by atoms with Crippen LogP contribution in [0.1, 0.15) is 93.4 Å². The number of nitriles is 1. The first-order valence-corrected chi connectivity index (χ1v) is 17.3. The highest BCUT2D eigenvalue weighted by molar-refractivity contribution is 7.89. The number of carboxylic acids is 1. The summed E-state index contributed by atoms with van der Waals surface area (Å²) < 4.78 is 34.2. The number of nitrogens with two attached hydrogens (primary N) is 1.